The maximum absolute atomic E-state index is 13.1. The molecule has 3 amide bonds. The van der Waals surface area contributed by atoms with Gasteiger partial charge in [0.15, 0.2) is 0 Å². The normalized spacial score (nSPS) is 14.2. The average Bonchev–Trinajstić information content (AvgIpc) is 3.04. The number of fused-ring (bicyclic) bond motifs is 1. The number of alkyl carbamates (subject to hydrolysis) is 1. The lowest BCUT2D eigenvalue weighted by Crippen LogP contribution is -2.50. The monoisotopic (exact) mass is 456 g/mol. The summed E-state index contributed by atoms with van der Waals surface area (Å²) in [5.41, 5.74) is 1.95. The Morgan fingerprint density at radius 2 is 1.24 bits per heavy atom. The second-order valence-electron chi connectivity index (χ2n) is 9.32. The van der Waals surface area contributed by atoms with E-state index in [-0.39, 0.29) is 24.3 Å². The molecule has 1 aliphatic rings. The minimum atomic E-state index is -0.695. The van der Waals surface area contributed by atoms with Crippen molar-refractivity contribution in [2.75, 3.05) is 6.54 Å². The van der Waals surface area contributed by atoms with Crippen LogP contribution in [-0.2, 0) is 4.74 Å². The molecule has 0 saturated carbocycles. The van der Waals surface area contributed by atoms with Crippen LogP contribution in [0.4, 0.5) is 4.79 Å². The Balaban J connectivity index is 1.73. The van der Waals surface area contributed by atoms with E-state index >= 15 is 0 Å². The Hall–Kier alpha value is -3.93. The number of ether oxygens (including phenoxy) is 1. The lowest BCUT2D eigenvalue weighted by Gasteiger charge is -2.32. The van der Waals surface area contributed by atoms with Crippen molar-refractivity contribution in [3.05, 3.63) is 107 Å². The molecular weight excluding hydrogens is 428 g/mol. The number of carbonyl (C=O) groups excluding carboxylic acids is 3. The van der Waals surface area contributed by atoms with Crippen LogP contribution in [-0.4, -0.2) is 41.0 Å². The largest absolute Gasteiger partial charge is 0.444 e. The van der Waals surface area contributed by atoms with Gasteiger partial charge in [-0.1, -0.05) is 72.8 Å². The molecule has 34 heavy (non-hydrogen) atoms. The number of nitrogens with zero attached hydrogens (tertiary/aromatic N) is 1. The Kier molecular flexibility index (Phi) is 6.50. The summed E-state index contributed by atoms with van der Waals surface area (Å²) >= 11 is 0. The molecule has 0 fully saturated rings. The van der Waals surface area contributed by atoms with Gasteiger partial charge in [0.25, 0.3) is 11.8 Å². The van der Waals surface area contributed by atoms with E-state index < -0.39 is 17.7 Å². The smallest absolute Gasteiger partial charge is 0.407 e. The summed E-state index contributed by atoms with van der Waals surface area (Å²) in [6, 6.07) is 25.6. The van der Waals surface area contributed by atoms with Crippen LogP contribution in [0.25, 0.3) is 0 Å². The van der Waals surface area contributed by atoms with Gasteiger partial charge in [-0.2, -0.15) is 0 Å². The number of hydrogen-bond acceptors (Lipinski definition) is 4. The van der Waals surface area contributed by atoms with Gasteiger partial charge in [0.1, 0.15) is 5.60 Å². The van der Waals surface area contributed by atoms with Crippen molar-refractivity contribution < 1.29 is 19.1 Å². The van der Waals surface area contributed by atoms with Crippen LogP contribution in [0.1, 0.15) is 58.5 Å². The molecule has 0 radical (unpaired) electrons. The van der Waals surface area contributed by atoms with Gasteiger partial charge in [0, 0.05) is 5.92 Å². The molecule has 0 aliphatic carbocycles. The highest BCUT2D eigenvalue weighted by molar-refractivity contribution is 6.21. The lowest BCUT2D eigenvalue weighted by atomic mass is 9.84. The van der Waals surface area contributed by atoms with E-state index in [0.29, 0.717) is 11.1 Å². The second kappa shape index (κ2) is 9.51. The summed E-state index contributed by atoms with van der Waals surface area (Å²) in [7, 11) is 0. The number of hydrogen-bond donors (Lipinski definition) is 1. The van der Waals surface area contributed by atoms with Gasteiger partial charge in [-0.05, 0) is 44.0 Å². The van der Waals surface area contributed by atoms with E-state index in [9.17, 15) is 14.4 Å². The lowest BCUT2D eigenvalue weighted by molar-refractivity contribution is 0.0461. The van der Waals surface area contributed by atoms with Gasteiger partial charge in [-0.25, -0.2) is 4.79 Å². The van der Waals surface area contributed by atoms with Crippen molar-refractivity contribution in [3.8, 4) is 0 Å². The average molecular weight is 457 g/mol. The molecule has 1 aliphatic heterocycles. The molecule has 1 atom stereocenters. The Labute approximate surface area is 199 Å². The fourth-order valence-corrected chi connectivity index (χ4v) is 4.27. The predicted molar refractivity (Wildman–Crippen MR) is 130 cm³/mol. The van der Waals surface area contributed by atoms with Crippen LogP contribution in [0, 0.1) is 0 Å². The van der Waals surface area contributed by atoms with Crippen LogP contribution in [0.3, 0.4) is 0 Å². The minimum Gasteiger partial charge on any atom is -0.444 e. The van der Waals surface area contributed by atoms with Crippen molar-refractivity contribution >= 4 is 17.9 Å². The molecule has 1 unspecified atom stereocenters. The molecule has 3 aromatic rings. The quantitative estimate of drug-likeness (QED) is 0.529. The Bertz CT molecular complexity index is 1110. The van der Waals surface area contributed by atoms with E-state index in [2.05, 4.69) is 5.32 Å². The zero-order valence-corrected chi connectivity index (χ0v) is 19.5. The van der Waals surface area contributed by atoms with Crippen molar-refractivity contribution in [1.82, 2.24) is 10.2 Å². The van der Waals surface area contributed by atoms with Crippen LogP contribution < -0.4 is 5.32 Å². The van der Waals surface area contributed by atoms with Crippen LogP contribution in [0.15, 0.2) is 84.9 Å². The minimum absolute atomic E-state index is 0.0000444. The molecule has 6 heteroatoms. The molecule has 6 nitrogen and oxygen atoms in total. The fourth-order valence-electron chi connectivity index (χ4n) is 4.27. The highest BCUT2D eigenvalue weighted by atomic mass is 16.6. The summed E-state index contributed by atoms with van der Waals surface area (Å²) in [5.74, 6) is -1.05. The maximum atomic E-state index is 13.1. The van der Waals surface area contributed by atoms with Crippen LogP contribution in [0.5, 0.6) is 0 Å². The third-order valence-electron chi connectivity index (χ3n) is 5.68. The SMILES string of the molecule is CC(C)(C)OC(=O)NC(CN1C(=O)c2ccccc2C1=O)C(c1ccccc1)c1ccccc1. The van der Waals surface area contributed by atoms with Crippen molar-refractivity contribution in [3.63, 3.8) is 0 Å². The maximum Gasteiger partial charge on any atom is 0.407 e. The third-order valence-corrected chi connectivity index (χ3v) is 5.68. The predicted octanol–water partition coefficient (Wildman–Crippen LogP) is 5.01. The number of benzene rings is 3. The van der Waals surface area contributed by atoms with E-state index in [1.165, 1.54) is 4.90 Å². The molecule has 1 heterocycles. The van der Waals surface area contributed by atoms with Gasteiger partial charge in [-0.15, -0.1) is 0 Å². The molecule has 1 N–H and O–H groups in total. The van der Waals surface area contributed by atoms with E-state index in [0.717, 1.165) is 11.1 Å². The van der Waals surface area contributed by atoms with E-state index in [1.54, 1.807) is 45.0 Å². The van der Waals surface area contributed by atoms with E-state index in [1.807, 2.05) is 60.7 Å². The molecule has 3 aromatic carbocycles. The van der Waals surface area contributed by atoms with Gasteiger partial charge in [0.2, 0.25) is 0 Å². The summed E-state index contributed by atoms with van der Waals surface area (Å²) < 4.78 is 5.53. The topological polar surface area (TPSA) is 75.7 Å². The highest BCUT2D eigenvalue weighted by Crippen LogP contribution is 2.31. The Morgan fingerprint density at radius 1 is 0.794 bits per heavy atom. The summed E-state index contributed by atoms with van der Waals surface area (Å²) in [4.78, 5) is 40.3. The first kappa shape index (κ1) is 23.2. The second-order valence-corrected chi connectivity index (χ2v) is 9.32. The zero-order chi connectivity index (χ0) is 24.3. The molecule has 4 rings (SSSR count). The number of imide groups is 1. The van der Waals surface area contributed by atoms with Gasteiger partial charge >= 0.3 is 6.09 Å². The number of carbonyl (C=O) groups is 3. The summed E-state index contributed by atoms with van der Waals surface area (Å²) in [6.45, 7) is 5.37. The summed E-state index contributed by atoms with van der Waals surface area (Å²) in [6.07, 6.45) is -0.606. The molecular formula is C28H28N2O4. The van der Waals surface area contributed by atoms with Gasteiger partial charge in [-0.3, -0.25) is 14.5 Å². The molecule has 174 valence electrons. The first-order valence-electron chi connectivity index (χ1n) is 11.3. The van der Waals surface area contributed by atoms with E-state index in [4.69, 9.17) is 4.74 Å². The number of nitrogens with one attached hydrogen (secondary N) is 1. The third kappa shape index (κ3) is 5.01. The molecule has 0 saturated heterocycles. The van der Waals surface area contributed by atoms with Crippen molar-refractivity contribution in [2.24, 2.45) is 0 Å². The summed E-state index contributed by atoms with van der Waals surface area (Å²) in [5, 5.41) is 2.96. The molecule has 0 spiro atoms. The van der Waals surface area contributed by atoms with Gasteiger partial charge < -0.3 is 10.1 Å². The van der Waals surface area contributed by atoms with Crippen molar-refractivity contribution in [2.45, 2.75) is 38.3 Å². The Morgan fingerprint density at radius 3 is 1.68 bits per heavy atom. The first-order valence-corrected chi connectivity index (χ1v) is 11.3. The van der Waals surface area contributed by atoms with Crippen molar-refractivity contribution in [1.29, 1.82) is 0 Å². The van der Waals surface area contributed by atoms with Gasteiger partial charge in [0.05, 0.1) is 23.7 Å². The highest BCUT2D eigenvalue weighted by Gasteiger charge is 2.39. The van der Waals surface area contributed by atoms with Crippen LogP contribution >= 0.6 is 0 Å². The molecule has 0 bridgehead atoms. The first-order chi connectivity index (χ1) is 16.2. The standard InChI is InChI=1S/C28H28N2O4/c1-28(2,3)34-27(33)29-23(18-30-25(31)21-16-10-11-17-22(21)26(30)32)24(19-12-6-4-7-13-19)20-14-8-5-9-15-20/h4-17,23-24H,18H2,1-3H3,(H,29,33). The van der Waals surface area contributed by atoms with Crippen LogP contribution in [0.2, 0.25) is 0 Å². The number of amides is 3. The number of rotatable bonds is 6. The fraction of sp³-hybridized carbons (Fsp3) is 0.250. The zero-order valence-electron chi connectivity index (χ0n) is 19.5. The molecule has 0 aromatic heterocycles.